The highest BCUT2D eigenvalue weighted by molar-refractivity contribution is 7.19. The van der Waals surface area contributed by atoms with E-state index in [1.54, 1.807) is 11.3 Å². The molecular weight excluding hydrogens is 294 g/mol. The van der Waals surface area contributed by atoms with E-state index >= 15 is 0 Å². The molecule has 0 aromatic carbocycles. The summed E-state index contributed by atoms with van der Waals surface area (Å²) >= 11 is 2.88. The maximum atomic E-state index is 11.4. The molecular formula is C13H17N3O2S2. The zero-order chi connectivity index (χ0) is 14.7. The van der Waals surface area contributed by atoms with E-state index in [0.29, 0.717) is 22.9 Å². The Morgan fingerprint density at radius 1 is 1.50 bits per heavy atom. The molecule has 0 aliphatic heterocycles. The maximum absolute atomic E-state index is 11.4. The van der Waals surface area contributed by atoms with E-state index in [9.17, 15) is 4.79 Å². The molecule has 0 spiro atoms. The summed E-state index contributed by atoms with van der Waals surface area (Å²) in [5, 5.41) is 6.00. The highest BCUT2D eigenvalue weighted by atomic mass is 32.1. The van der Waals surface area contributed by atoms with Gasteiger partial charge in [-0.15, -0.1) is 22.7 Å². The molecule has 0 fully saturated rings. The highest BCUT2D eigenvalue weighted by Crippen LogP contribution is 2.43. The van der Waals surface area contributed by atoms with E-state index in [1.807, 2.05) is 31.4 Å². The summed E-state index contributed by atoms with van der Waals surface area (Å²) in [4.78, 5) is 12.9. The van der Waals surface area contributed by atoms with Gasteiger partial charge in [-0.1, -0.05) is 6.07 Å². The molecule has 0 saturated carbocycles. The number of rotatable bonds is 6. The number of primary amides is 1. The molecule has 0 bridgehead atoms. The van der Waals surface area contributed by atoms with Gasteiger partial charge in [-0.25, -0.2) is 0 Å². The highest BCUT2D eigenvalue weighted by Gasteiger charge is 2.21. The number of carbonyl (C=O) groups is 1. The molecule has 0 saturated heterocycles. The number of carbonyl (C=O) groups excluding carboxylic acids is 1. The van der Waals surface area contributed by atoms with Crippen molar-refractivity contribution in [3.05, 3.63) is 27.3 Å². The Morgan fingerprint density at radius 3 is 2.80 bits per heavy atom. The first-order chi connectivity index (χ1) is 9.49. The average Bonchev–Trinajstić information content (AvgIpc) is 2.97. The van der Waals surface area contributed by atoms with Crippen molar-refractivity contribution in [2.45, 2.75) is 26.5 Å². The van der Waals surface area contributed by atoms with Crippen molar-refractivity contribution in [2.24, 2.45) is 5.73 Å². The van der Waals surface area contributed by atoms with Crippen LogP contribution in [0.15, 0.2) is 17.5 Å². The summed E-state index contributed by atoms with van der Waals surface area (Å²) in [7, 11) is 0. The summed E-state index contributed by atoms with van der Waals surface area (Å²) in [6, 6.07) is 4.03. The van der Waals surface area contributed by atoms with Crippen LogP contribution in [-0.4, -0.2) is 12.0 Å². The molecule has 7 heteroatoms. The van der Waals surface area contributed by atoms with E-state index in [1.165, 1.54) is 16.2 Å². The topological polar surface area (TPSA) is 90.4 Å². The second kappa shape index (κ2) is 6.15. The van der Waals surface area contributed by atoms with Crippen molar-refractivity contribution < 1.29 is 9.53 Å². The molecule has 2 aromatic rings. The van der Waals surface area contributed by atoms with Crippen LogP contribution >= 0.6 is 22.7 Å². The van der Waals surface area contributed by atoms with Gasteiger partial charge in [0.15, 0.2) is 5.75 Å². The fraction of sp³-hybridized carbons (Fsp3) is 0.308. The van der Waals surface area contributed by atoms with E-state index in [0.717, 1.165) is 5.00 Å². The molecule has 0 unspecified atom stereocenters. The summed E-state index contributed by atoms with van der Waals surface area (Å²) in [6.07, 6.45) is -0.0325. The summed E-state index contributed by atoms with van der Waals surface area (Å²) in [5.41, 5.74) is 11.6. The van der Waals surface area contributed by atoms with Gasteiger partial charge in [0, 0.05) is 4.88 Å². The SMILES string of the molecule is CC(C)Oc1c(NCc2cccs2)sc(C(N)=O)c1N. The van der Waals surface area contributed by atoms with Crippen LogP contribution in [0.4, 0.5) is 10.7 Å². The Hall–Kier alpha value is -1.73. The van der Waals surface area contributed by atoms with Gasteiger partial charge in [-0.2, -0.15) is 0 Å². The lowest BCUT2D eigenvalue weighted by Crippen LogP contribution is -2.12. The molecule has 2 aromatic heterocycles. The van der Waals surface area contributed by atoms with Gasteiger partial charge in [0.05, 0.1) is 12.6 Å². The van der Waals surface area contributed by atoms with Crippen molar-refractivity contribution >= 4 is 39.3 Å². The zero-order valence-corrected chi connectivity index (χ0v) is 12.9. The van der Waals surface area contributed by atoms with E-state index in [4.69, 9.17) is 16.2 Å². The van der Waals surface area contributed by atoms with Gasteiger partial charge in [-0.3, -0.25) is 4.79 Å². The van der Waals surface area contributed by atoms with Crippen LogP contribution in [0.2, 0.25) is 0 Å². The number of hydrogen-bond acceptors (Lipinski definition) is 6. The molecule has 5 N–H and O–H groups in total. The third-order valence-corrected chi connectivity index (χ3v) is 4.52. The quantitative estimate of drug-likeness (QED) is 0.765. The lowest BCUT2D eigenvalue weighted by atomic mass is 10.3. The molecule has 20 heavy (non-hydrogen) atoms. The second-order valence-corrected chi connectivity index (χ2v) is 6.52. The summed E-state index contributed by atoms with van der Waals surface area (Å²) in [5.74, 6) is -0.0272. The largest absolute Gasteiger partial charge is 0.486 e. The molecule has 0 radical (unpaired) electrons. The first-order valence-electron chi connectivity index (χ1n) is 6.14. The van der Waals surface area contributed by atoms with Crippen molar-refractivity contribution in [1.29, 1.82) is 0 Å². The lowest BCUT2D eigenvalue weighted by Gasteiger charge is -2.12. The maximum Gasteiger partial charge on any atom is 0.261 e. The number of hydrogen-bond donors (Lipinski definition) is 3. The van der Waals surface area contributed by atoms with Crippen LogP contribution in [0.3, 0.4) is 0 Å². The van der Waals surface area contributed by atoms with Crippen molar-refractivity contribution in [3.8, 4) is 5.75 Å². The Bertz CT molecular complexity index is 591. The normalized spacial score (nSPS) is 10.8. The third kappa shape index (κ3) is 3.23. The molecule has 108 valence electrons. The summed E-state index contributed by atoms with van der Waals surface area (Å²) < 4.78 is 5.70. The molecule has 5 nitrogen and oxygen atoms in total. The predicted octanol–water partition coefficient (Wildman–Crippen LogP) is 2.89. The first kappa shape index (κ1) is 14.7. The van der Waals surface area contributed by atoms with Gasteiger partial charge < -0.3 is 21.5 Å². The first-order valence-corrected chi connectivity index (χ1v) is 7.83. The van der Waals surface area contributed by atoms with Crippen LogP contribution in [-0.2, 0) is 6.54 Å². The van der Waals surface area contributed by atoms with Gasteiger partial charge >= 0.3 is 0 Å². The minimum absolute atomic E-state index is 0.0325. The van der Waals surface area contributed by atoms with Crippen LogP contribution in [0.5, 0.6) is 5.75 Å². The van der Waals surface area contributed by atoms with Gasteiger partial charge in [0.1, 0.15) is 15.6 Å². The number of nitrogen functional groups attached to an aromatic ring is 1. The molecule has 0 atom stereocenters. The van der Waals surface area contributed by atoms with E-state index in [2.05, 4.69) is 5.32 Å². The van der Waals surface area contributed by atoms with E-state index in [-0.39, 0.29) is 6.10 Å². The van der Waals surface area contributed by atoms with Gasteiger partial charge in [0.2, 0.25) is 0 Å². The fourth-order valence-corrected chi connectivity index (χ4v) is 3.21. The van der Waals surface area contributed by atoms with Crippen LogP contribution in [0, 0.1) is 0 Å². The van der Waals surface area contributed by atoms with Crippen molar-refractivity contribution in [2.75, 3.05) is 11.1 Å². The second-order valence-electron chi connectivity index (χ2n) is 4.47. The lowest BCUT2D eigenvalue weighted by molar-refractivity contribution is 0.100. The Morgan fingerprint density at radius 2 is 2.25 bits per heavy atom. The average molecular weight is 311 g/mol. The number of ether oxygens (including phenoxy) is 1. The molecule has 2 heterocycles. The molecule has 1 amide bonds. The Labute approximate surface area is 125 Å². The fourth-order valence-electron chi connectivity index (χ4n) is 1.66. The minimum atomic E-state index is -0.537. The van der Waals surface area contributed by atoms with Crippen LogP contribution in [0.25, 0.3) is 0 Å². The number of thiophene rings is 2. The molecule has 0 aliphatic carbocycles. The Balaban J connectivity index is 2.25. The standard InChI is InChI=1S/C13H17N3O2S2/c1-7(2)18-10-9(14)11(12(15)17)20-13(10)16-6-8-4-3-5-19-8/h3-5,7,16H,6,14H2,1-2H3,(H2,15,17). The minimum Gasteiger partial charge on any atom is -0.486 e. The van der Waals surface area contributed by atoms with Crippen molar-refractivity contribution in [3.63, 3.8) is 0 Å². The summed E-state index contributed by atoms with van der Waals surface area (Å²) in [6.45, 7) is 4.47. The Kier molecular flexibility index (Phi) is 4.51. The smallest absolute Gasteiger partial charge is 0.261 e. The number of nitrogens with two attached hydrogens (primary N) is 2. The van der Waals surface area contributed by atoms with Crippen LogP contribution in [0.1, 0.15) is 28.4 Å². The predicted molar refractivity (Wildman–Crippen MR) is 84.7 cm³/mol. The number of anilines is 2. The molecule has 2 rings (SSSR count). The number of nitrogens with one attached hydrogen (secondary N) is 1. The monoisotopic (exact) mass is 311 g/mol. The number of amides is 1. The third-order valence-electron chi connectivity index (χ3n) is 2.48. The van der Waals surface area contributed by atoms with Crippen LogP contribution < -0.4 is 21.5 Å². The van der Waals surface area contributed by atoms with E-state index < -0.39 is 5.91 Å². The zero-order valence-electron chi connectivity index (χ0n) is 11.3. The van der Waals surface area contributed by atoms with Crippen molar-refractivity contribution in [1.82, 2.24) is 0 Å². The van der Waals surface area contributed by atoms with Gasteiger partial charge in [0.25, 0.3) is 5.91 Å². The molecule has 0 aliphatic rings. The van der Waals surface area contributed by atoms with Gasteiger partial charge in [-0.05, 0) is 25.3 Å².